The molecule has 2 fully saturated rings. The second kappa shape index (κ2) is 7.01. The highest BCUT2D eigenvalue weighted by molar-refractivity contribution is 7.91. The molecule has 0 bridgehead atoms. The first-order valence-electron chi connectivity index (χ1n) is 9.03. The van der Waals surface area contributed by atoms with Crippen molar-refractivity contribution >= 4 is 15.7 Å². The first-order chi connectivity index (χ1) is 12.9. The van der Waals surface area contributed by atoms with Gasteiger partial charge in [-0.1, -0.05) is 12.1 Å². The number of tetrazole rings is 1. The van der Waals surface area contributed by atoms with Gasteiger partial charge in [0.15, 0.2) is 15.7 Å². The summed E-state index contributed by atoms with van der Waals surface area (Å²) in [7, 11) is -2.90. The molecule has 144 valence electrons. The average molecular weight is 390 g/mol. The van der Waals surface area contributed by atoms with E-state index in [0.29, 0.717) is 49.7 Å². The van der Waals surface area contributed by atoms with Gasteiger partial charge in [-0.2, -0.15) is 4.68 Å². The van der Waals surface area contributed by atoms with Crippen molar-refractivity contribution in [3.63, 3.8) is 0 Å². The highest BCUT2D eigenvalue weighted by Crippen LogP contribution is 2.21. The van der Waals surface area contributed by atoms with Crippen molar-refractivity contribution in [2.24, 2.45) is 0 Å². The molecule has 10 heteroatoms. The number of nitrogens with zero attached hydrogens (tertiary/aromatic N) is 6. The summed E-state index contributed by atoms with van der Waals surface area (Å²) in [6, 6.07) is 7.38. The lowest BCUT2D eigenvalue weighted by Crippen LogP contribution is -2.52. The number of hydrogen-bond acceptors (Lipinski definition) is 7. The molecule has 0 aliphatic carbocycles. The van der Waals surface area contributed by atoms with Gasteiger partial charge in [0.05, 0.1) is 22.8 Å². The fraction of sp³-hybridized carbons (Fsp3) is 0.529. The Labute approximate surface area is 157 Å². The molecule has 27 heavy (non-hydrogen) atoms. The highest BCUT2D eigenvalue weighted by atomic mass is 32.2. The number of rotatable bonds is 3. The minimum absolute atomic E-state index is 0.0563. The van der Waals surface area contributed by atoms with E-state index >= 15 is 0 Å². The molecule has 4 rings (SSSR count). The first kappa shape index (κ1) is 18.1. The molecule has 0 spiro atoms. The topological polar surface area (TPSA) is 101 Å². The van der Waals surface area contributed by atoms with Crippen LogP contribution in [0.2, 0.25) is 0 Å². The number of benzene rings is 1. The Kier molecular flexibility index (Phi) is 4.68. The Hall–Kier alpha value is -2.33. The van der Waals surface area contributed by atoms with E-state index in [0.717, 1.165) is 0 Å². The van der Waals surface area contributed by atoms with E-state index in [1.165, 1.54) is 0 Å². The van der Waals surface area contributed by atoms with E-state index in [2.05, 4.69) is 20.4 Å². The molecule has 0 N–H and O–H groups in total. The molecule has 0 radical (unpaired) electrons. The summed E-state index contributed by atoms with van der Waals surface area (Å²) in [5.74, 6) is 1.07. The zero-order valence-corrected chi connectivity index (χ0v) is 16.0. The van der Waals surface area contributed by atoms with Crippen LogP contribution in [0.5, 0.6) is 0 Å². The van der Waals surface area contributed by atoms with Gasteiger partial charge in [0.25, 0.3) is 5.91 Å². The molecule has 2 aliphatic heterocycles. The van der Waals surface area contributed by atoms with Gasteiger partial charge in [0.2, 0.25) is 0 Å². The van der Waals surface area contributed by atoms with Gasteiger partial charge in [-0.05, 0) is 35.9 Å². The molecular formula is C17H22N6O3S. The van der Waals surface area contributed by atoms with Crippen molar-refractivity contribution in [3.05, 3.63) is 35.7 Å². The third kappa shape index (κ3) is 3.59. The van der Waals surface area contributed by atoms with Gasteiger partial charge in [-0.3, -0.25) is 9.69 Å². The standard InChI is InChI=1S/C17H22N6O3S/c1-13-18-19-20-23(13)16-5-3-2-4-15(16)17(24)22-9-7-21(8-10-22)14-6-11-27(25,26)12-14/h2-5,14H,6-12H2,1H3/t14-/m1/s1. The smallest absolute Gasteiger partial charge is 0.256 e. The Morgan fingerprint density at radius 3 is 2.52 bits per heavy atom. The van der Waals surface area contributed by atoms with Crippen molar-refractivity contribution in [2.45, 2.75) is 19.4 Å². The van der Waals surface area contributed by atoms with Crippen LogP contribution in [0.1, 0.15) is 22.6 Å². The van der Waals surface area contributed by atoms with Crippen LogP contribution in [-0.2, 0) is 9.84 Å². The molecule has 0 unspecified atom stereocenters. The van der Waals surface area contributed by atoms with Gasteiger partial charge in [0, 0.05) is 32.2 Å². The molecule has 1 aromatic heterocycles. The molecule has 2 aromatic rings. The minimum atomic E-state index is -2.90. The second-order valence-corrected chi connectivity index (χ2v) is 9.27. The number of aromatic nitrogens is 4. The molecule has 2 aliphatic rings. The number of amides is 1. The fourth-order valence-electron chi connectivity index (χ4n) is 3.82. The number of sulfone groups is 1. The van der Waals surface area contributed by atoms with E-state index in [1.807, 2.05) is 23.1 Å². The Balaban J connectivity index is 1.47. The quantitative estimate of drug-likeness (QED) is 0.722. The van der Waals surface area contributed by atoms with E-state index in [1.54, 1.807) is 17.7 Å². The van der Waals surface area contributed by atoms with E-state index in [9.17, 15) is 13.2 Å². The third-order valence-electron chi connectivity index (χ3n) is 5.31. The molecule has 2 saturated heterocycles. The van der Waals surface area contributed by atoms with E-state index in [-0.39, 0.29) is 23.5 Å². The summed E-state index contributed by atoms with van der Waals surface area (Å²) in [6.45, 7) is 4.34. The highest BCUT2D eigenvalue weighted by Gasteiger charge is 2.34. The van der Waals surface area contributed by atoms with Gasteiger partial charge in [-0.15, -0.1) is 5.10 Å². The summed E-state index contributed by atoms with van der Waals surface area (Å²) in [5.41, 5.74) is 1.22. The Morgan fingerprint density at radius 2 is 1.89 bits per heavy atom. The van der Waals surface area contributed by atoms with E-state index in [4.69, 9.17) is 0 Å². The zero-order chi connectivity index (χ0) is 19.0. The van der Waals surface area contributed by atoms with Gasteiger partial charge < -0.3 is 4.90 Å². The Bertz CT molecular complexity index is 949. The lowest BCUT2D eigenvalue weighted by molar-refractivity contribution is 0.0587. The molecule has 1 atom stereocenters. The van der Waals surface area contributed by atoms with Crippen LogP contribution in [-0.4, -0.2) is 88.1 Å². The van der Waals surface area contributed by atoms with Gasteiger partial charge in [-0.25, -0.2) is 8.42 Å². The van der Waals surface area contributed by atoms with Crippen LogP contribution in [0.25, 0.3) is 5.69 Å². The number of piperazine rings is 1. The van der Waals surface area contributed by atoms with Crippen LogP contribution in [0.4, 0.5) is 0 Å². The summed E-state index contributed by atoms with van der Waals surface area (Å²) < 4.78 is 25.0. The molecule has 9 nitrogen and oxygen atoms in total. The zero-order valence-electron chi connectivity index (χ0n) is 15.2. The molecular weight excluding hydrogens is 368 g/mol. The minimum Gasteiger partial charge on any atom is -0.336 e. The molecule has 1 amide bonds. The number of para-hydroxylation sites is 1. The largest absolute Gasteiger partial charge is 0.336 e. The van der Waals surface area contributed by atoms with Crippen LogP contribution < -0.4 is 0 Å². The summed E-state index contributed by atoms with van der Waals surface area (Å²) in [4.78, 5) is 17.1. The molecule has 1 aromatic carbocycles. The van der Waals surface area contributed by atoms with Gasteiger partial charge in [0.1, 0.15) is 0 Å². The van der Waals surface area contributed by atoms with Crippen molar-refractivity contribution in [3.8, 4) is 5.69 Å². The van der Waals surface area contributed by atoms with Crippen molar-refractivity contribution in [1.82, 2.24) is 30.0 Å². The van der Waals surface area contributed by atoms with Crippen molar-refractivity contribution in [2.75, 3.05) is 37.7 Å². The number of carbonyl (C=O) groups is 1. The van der Waals surface area contributed by atoms with Crippen LogP contribution in [0.15, 0.2) is 24.3 Å². The number of carbonyl (C=O) groups excluding carboxylic acids is 1. The SMILES string of the molecule is Cc1nnnn1-c1ccccc1C(=O)N1CCN([C@@H]2CCS(=O)(=O)C2)CC1. The van der Waals surface area contributed by atoms with Crippen LogP contribution >= 0.6 is 0 Å². The lowest BCUT2D eigenvalue weighted by atomic mass is 10.1. The van der Waals surface area contributed by atoms with E-state index < -0.39 is 9.84 Å². The third-order valence-corrected chi connectivity index (χ3v) is 7.06. The predicted octanol–water partition coefficient (Wildman–Crippen LogP) is -0.0844. The monoisotopic (exact) mass is 390 g/mol. The van der Waals surface area contributed by atoms with Crippen molar-refractivity contribution in [1.29, 1.82) is 0 Å². The number of hydrogen-bond donors (Lipinski definition) is 0. The molecule has 0 saturated carbocycles. The predicted molar refractivity (Wildman–Crippen MR) is 98.4 cm³/mol. The first-order valence-corrected chi connectivity index (χ1v) is 10.8. The summed E-state index contributed by atoms with van der Waals surface area (Å²) in [6.07, 6.45) is 0.692. The number of aryl methyl sites for hydroxylation is 1. The maximum atomic E-state index is 13.1. The normalized spacial score (nSPS) is 22.9. The maximum absolute atomic E-state index is 13.1. The summed E-state index contributed by atoms with van der Waals surface area (Å²) >= 11 is 0. The van der Waals surface area contributed by atoms with Crippen molar-refractivity contribution < 1.29 is 13.2 Å². The maximum Gasteiger partial charge on any atom is 0.256 e. The molecule has 3 heterocycles. The Morgan fingerprint density at radius 1 is 1.15 bits per heavy atom. The summed E-state index contributed by atoms with van der Waals surface area (Å²) in [5, 5.41) is 11.5. The van der Waals surface area contributed by atoms with Gasteiger partial charge >= 0.3 is 0 Å². The fourth-order valence-corrected chi connectivity index (χ4v) is 5.58. The average Bonchev–Trinajstić information content (AvgIpc) is 3.26. The second-order valence-electron chi connectivity index (χ2n) is 7.04. The van der Waals surface area contributed by atoms with Crippen LogP contribution in [0.3, 0.4) is 0 Å². The lowest BCUT2D eigenvalue weighted by Gasteiger charge is -2.37. The van der Waals surface area contributed by atoms with Crippen LogP contribution in [0, 0.1) is 6.92 Å².